The Morgan fingerprint density at radius 1 is 1.12 bits per heavy atom. The summed E-state index contributed by atoms with van der Waals surface area (Å²) in [4.78, 5) is 26.1. The lowest BCUT2D eigenvalue weighted by molar-refractivity contribution is -0.128. The number of phenols is 3. The van der Waals surface area contributed by atoms with Crippen LogP contribution in [0.1, 0.15) is 75.7 Å². The third-order valence-corrected chi connectivity index (χ3v) is 6.14. The number of carbonyl (C=O) groups excluding carboxylic acids is 2. The van der Waals surface area contributed by atoms with Gasteiger partial charge in [0.2, 0.25) is 11.6 Å². The number of hydrogen-bond donors (Lipinski definition) is 4. The monoisotopic (exact) mass is 363 g/mol. The largest absolute Gasteiger partial charge is 0.507 e. The number of fused-ring (bicyclic) bond motifs is 3. The van der Waals surface area contributed by atoms with Crippen LogP contribution in [-0.4, -0.2) is 38.6 Å². The molecule has 6 heteroatoms. The van der Waals surface area contributed by atoms with E-state index in [0.29, 0.717) is 19.3 Å². The molecule has 0 saturated heterocycles. The zero-order valence-electron chi connectivity index (χ0n) is 16.5. The van der Waals surface area contributed by atoms with Gasteiger partial charge in [0.25, 0.3) is 0 Å². The Morgan fingerprint density at radius 2 is 1.73 bits per heavy atom. The number of benzene rings is 1. The molecule has 0 radical (unpaired) electrons. The van der Waals surface area contributed by atoms with Crippen molar-refractivity contribution in [2.24, 2.45) is 11.3 Å². The number of aliphatic hydroxyl groups excluding tert-OH is 1. The highest BCUT2D eigenvalue weighted by atomic mass is 16.3. The molecule has 142 valence electrons. The van der Waals surface area contributed by atoms with Crippen molar-refractivity contribution in [2.75, 3.05) is 6.61 Å². The van der Waals surface area contributed by atoms with Crippen LogP contribution in [0.2, 0.25) is 0 Å². The molecule has 1 fully saturated rings. The zero-order valence-corrected chi connectivity index (χ0v) is 15.5. The van der Waals surface area contributed by atoms with E-state index in [4.69, 9.17) is 1.37 Å². The van der Waals surface area contributed by atoms with Crippen LogP contribution in [-0.2, 0) is 10.2 Å². The van der Waals surface area contributed by atoms with Gasteiger partial charge in [0, 0.05) is 36.3 Å². The summed E-state index contributed by atoms with van der Waals surface area (Å²) in [6.45, 7) is 6.22. The van der Waals surface area contributed by atoms with Gasteiger partial charge in [-0.15, -0.1) is 0 Å². The number of hydrogen-bond acceptors (Lipinski definition) is 6. The predicted octanol–water partition coefficient (Wildman–Crippen LogP) is 2.75. The smallest absolute Gasteiger partial charge is 0.233 e. The van der Waals surface area contributed by atoms with Gasteiger partial charge in [0.1, 0.15) is 5.75 Å². The maximum atomic E-state index is 13.1. The third-order valence-electron chi connectivity index (χ3n) is 6.14. The van der Waals surface area contributed by atoms with Crippen molar-refractivity contribution in [3.8, 4) is 17.2 Å². The minimum Gasteiger partial charge on any atom is -0.507 e. The maximum Gasteiger partial charge on any atom is 0.233 e. The summed E-state index contributed by atoms with van der Waals surface area (Å²) in [6, 6.07) is 0. The van der Waals surface area contributed by atoms with Crippen LogP contribution in [0.15, 0.2) is 0 Å². The van der Waals surface area contributed by atoms with Gasteiger partial charge in [-0.2, -0.15) is 0 Å². The van der Waals surface area contributed by atoms with E-state index in [2.05, 4.69) is 0 Å². The molecule has 0 aliphatic heterocycles. The second kappa shape index (κ2) is 5.71. The van der Waals surface area contributed by atoms with Crippen molar-refractivity contribution in [1.82, 2.24) is 0 Å². The number of phenolic OH excluding ortho intramolecular Hbond substituents is 3. The quantitative estimate of drug-likeness (QED) is 0.365. The molecule has 1 aromatic rings. The summed E-state index contributed by atoms with van der Waals surface area (Å²) in [5.74, 6) is -6.37. The van der Waals surface area contributed by atoms with Gasteiger partial charge in [-0.1, -0.05) is 34.1 Å². The topological polar surface area (TPSA) is 115 Å². The average molecular weight is 363 g/mol. The van der Waals surface area contributed by atoms with Gasteiger partial charge in [-0.25, -0.2) is 0 Å². The highest BCUT2D eigenvalue weighted by Gasteiger charge is 2.59. The first kappa shape index (κ1) is 17.3. The molecule has 3 rings (SSSR count). The van der Waals surface area contributed by atoms with Crippen LogP contribution >= 0.6 is 0 Å². The molecule has 2 aliphatic rings. The van der Waals surface area contributed by atoms with Crippen LogP contribution in [0.3, 0.4) is 0 Å². The van der Waals surface area contributed by atoms with Crippen LogP contribution in [0.25, 0.3) is 0 Å². The van der Waals surface area contributed by atoms with E-state index in [1.165, 1.54) is 6.92 Å². The molecule has 0 bridgehead atoms. The molecule has 26 heavy (non-hydrogen) atoms. The van der Waals surface area contributed by atoms with E-state index in [-0.39, 0.29) is 16.7 Å². The van der Waals surface area contributed by atoms with Crippen LogP contribution in [0, 0.1) is 11.3 Å². The Hall–Kier alpha value is -2.08. The molecule has 0 heterocycles. The van der Waals surface area contributed by atoms with Crippen LogP contribution in [0.4, 0.5) is 0 Å². The number of carbonyl (C=O) groups is 2. The lowest BCUT2D eigenvalue weighted by atomic mass is 9.49. The van der Waals surface area contributed by atoms with Crippen molar-refractivity contribution < 1.29 is 31.4 Å². The van der Waals surface area contributed by atoms with Gasteiger partial charge in [0.05, 0.1) is 5.56 Å². The molecule has 4 N–H and O–H groups in total. The molecule has 1 unspecified atom stereocenters. The number of aromatic hydroxyl groups is 3. The first-order chi connectivity index (χ1) is 12.4. The molecule has 1 aromatic carbocycles. The predicted molar refractivity (Wildman–Crippen MR) is 94.7 cm³/mol. The third kappa shape index (κ3) is 2.21. The number of aliphatic hydroxyl groups is 1. The SMILES string of the molecule is [2H][C@@]12C(=O)C(=O)c3c(O)c(C(C)CO)c(O)c(O)c3[C@@]1(C)CCCC2(C)C. The van der Waals surface area contributed by atoms with Crippen LogP contribution < -0.4 is 0 Å². The summed E-state index contributed by atoms with van der Waals surface area (Å²) in [6.07, 6.45) is 1.59. The second-order valence-electron chi connectivity index (χ2n) is 8.40. The van der Waals surface area contributed by atoms with Gasteiger partial charge in [-0.3, -0.25) is 9.59 Å². The fourth-order valence-corrected chi connectivity index (χ4v) is 4.96. The van der Waals surface area contributed by atoms with Crippen molar-refractivity contribution in [3.63, 3.8) is 0 Å². The standard InChI is InChI=1S/C20H26O6/c1-9(8-21)10-13(22)11-12(16(25)14(10)23)20(4)7-5-6-19(2,3)18(20)17(26)15(11)24/h9,18,21-23,25H,5-8H2,1-4H3/t9?,18-,20+/m0/s1/i18D. The van der Waals surface area contributed by atoms with E-state index >= 15 is 0 Å². The van der Waals surface area contributed by atoms with Gasteiger partial charge < -0.3 is 20.4 Å². The molecule has 0 aromatic heterocycles. The van der Waals surface area contributed by atoms with E-state index in [1.807, 2.05) is 0 Å². The lowest BCUT2D eigenvalue weighted by Gasteiger charge is -2.52. The van der Waals surface area contributed by atoms with E-state index in [0.717, 1.165) is 0 Å². The van der Waals surface area contributed by atoms with Crippen molar-refractivity contribution in [1.29, 1.82) is 0 Å². The Morgan fingerprint density at radius 3 is 2.31 bits per heavy atom. The highest BCUT2D eigenvalue weighted by molar-refractivity contribution is 6.47. The molecular weight excluding hydrogens is 336 g/mol. The minimum atomic E-state index is -1.83. The van der Waals surface area contributed by atoms with Crippen molar-refractivity contribution >= 4 is 11.6 Å². The molecule has 3 atom stereocenters. The summed E-state index contributed by atoms with van der Waals surface area (Å²) >= 11 is 0. The summed E-state index contributed by atoms with van der Waals surface area (Å²) in [7, 11) is 0. The Balaban J connectivity index is 2.47. The summed E-state index contributed by atoms with van der Waals surface area (Å²) in [5.41, 5.74) is -2.66. The number of rotatable bonds is 2. The first-order valence-electron chi connectivity index (χ1n) is 9.38. The second-order valence-corrected chi connectivity index (χ2v) is 8.40. The van der Waals surface area contributed by atoms with Gasteiger partial charge in [0.15, 0.2) is 11.5 Å². The van der Waals surface area contributed by atoms with Crippen molar-refractivity contribution in [3.05, 3.63) is 16.7 Å². The Kier molecular flexibility index (Phi) is 3.81. The Bertz CT molecular complexity index is 861. The fraction of sp³-hybridized carbons (Fsp3) is 0.600. The van der Waals surface area contributed by atoms with Gasteiger partial charge >= 0.3 is 0 Å². The average Bonchev–Trinajstić information content (AvgIpc) is 2.59. The normalized spacial score (nSPS) is 31.8. The lowest BCUT2D eigenvalue weighted by Crippen LogP contribution is -2.54. The van der Waals surface area contributed by atoms with Crippen molar-refractivity contribution in [2.45, 2.75) is 58.3 Å². The van der Waals surface area contributed by atoms with E-state index in [1.54, 1.807) is 20.8 Å². The Labute approximate surface area is 153 Å². The molecule has 0 spiro atoms. The number of Topliss-reactive ketones (excluding diaryl/α,β-unsaturated/α-hetero) is 2. The highest BCUT2D eigenvalue weighted by Crippen LogP contribution is 2.61. The first-order valence-corrected chi connectivity index (χ1v) is 8.88. The summed E-state index contributed by atoms with van der Waals surface area (Å²) in [5, 5.41) is 41.5. The van der Waals surface area contributed by atoms with E-state index < -0.39 is 58.1 Å². The zero-order chi connectivity index (χ0) is 20.5. The molecule has 2 aliphatic carbocycles. The molecule has 1 saturated carbocycles. The number of ketones is 2. The summed E-state index contributed by atoms with van der Waals surface area (Å²) < 4.78 is 9.07. The van der Waals surface area contributed by atoms with E-state index in [9.17, 15) is 30.0 Å². The maximum absolute atomic E-state index is 13.1. The minimum absolute atomic E-state index is 0.0428. The molecular formula is C20H26O6. The molecule has 6 nitrogen and oxygen atoms in total. The molecule has 0 amide bonds. The van der Waals surface area contributed by atoms with Crippen LogP contribution in [0.5, 0.6) is 17.2 Å². The van der Waals surface area contributed by atoms with Gasteiger partial charge in [-0.05, 0) is 18.3 Å². The fourth-order valence-electron chi connectivity index (χ4n) is 4.96.